The quantitative estimate of drug-likeness (QED) is 0.529. The number of hydrogen-bond donors (Lipinski definition) is 1. The number of ether oxygens (including phenoxy) is 1. The average molecular weight is 392 g/mol. The summed E-state index contributed by atoms with van der Waals surface area (Å²) in [5.41, 5.74) is 1.52. The Hall–Kier alpha value is -3.94. The average Bonchev–Trinajstić information content (AvgIpc) is 3.40. The van der Waals surface area contributed by atoms with Crippen LogP contribution in [0.15, 0.2) is 71.3 Å². The number of halogens is 1. The van der Waals surface area contributed by atoms with Crippen molar-refractivity contribution in [2.45, 2.75) is 6.92 Å². The lowest BCUT2D eigenvalue weighted by molar-refractivity contribution is 0.0996. The topological polar surface area (TPSA) is 82.2 Å². The van der Waals surface area contributed by atoms with Crippen LogP contribution in [0.3, 0.4) is 0 Å². The lowest BCUT2D eigenvalue weighted by Gasteiger charge is -2.08. The molecule has 146 valence electrons. The molecule has 2 heterocycles. The van der Waals surface area contributed by atoms with E-state index in [0.29, 0.717) is 29.4 Å². The largest absolute Gasteiger partial charge is 0.463 e. The summed E-state index contributed by atoms with van der Waals surface area (Å²) in [4.78, 5) is 16.4. The first-order valence-electron chi connectivity index (χ1n) is 8.95. The third-order valence-electron chi connectivity index (χ3n) is 4.09. The summed E-state index contributed by atoms with van der Waals surface area (Å²) in [5, 5.41) is 7.07. The fraction of sp³-hybridized carbons (Fsp3) is 0.0952. The van der Waals surface area contributed by atoms with Gasteiger partial charge in [0.25, 0.3) is 5.91 Å². The molecule has 0 fully saturated rings. The molecule has 0 aliphatic heterocycles. The van der Waals surface area contributed by atoms with Crippen molar-refractivity contribution in [3.05, 3.63) is 78.5 Å². The van der Waals surface area contributed by atoms with Crippen LogP contribution in [0.25, 0.3) is 17.1 Å². The molecule has 2 aromatic carbocycles. The van der Waals surface area contributed by atoms with Crippen LogP contribution in [0.2, 0.25) is 0 Å². The molecule has 7 nitrogen and oxygen atoms in total. The Labute approximate surface area is 165 Å². The third kappa shape index (κ3) is 3.86. The Balaban J connectivity index is 1.65. The third-order valence-corrected chi connectivity index (χ3v) is 4.09. The van der Waals surface area contributed by atoms with Crippen LogP contribution in [-0.4, -0.2) is 27.3 Å². The van der Waals surface area contributed by atoms with Gasteiger partial charge in [0.05, 0.1) is 24.1 Å². The molecule has 29 heavy (non-hydrogen) atoms. The molecule has 0 aliphatic carbocycles. The molecule has 0 spiro atoms. The standard InChI is InChI=1S/C21H17FN4O3/c1-2-28-21-24-19(16-6-3-4-7-17(16)22)26(25-21)15-11-9-14(10-12-15)23-20(27)18-8-5-13-29-18/h3-13H,2H2,1H3,(H,23,27). The molecule has 0 atom stereocenters. The number of rotatable bonds is 6. The SMILES string of the molecule is CCOc1nc(-c2ccccc2F)n(-c2ccc(NC(=O)c3ccco3)cc2)n1. The van der Waals surface area contributed by atoms with Crippen LogP contribution in [0.4, 0.5) is 10.1 Å². The highest BCUT2D eigenvalue weighted by atomic mass is 19.1. The number of nitrogens with zero attached hydrogens (tertiary/aromatic N) is 3. The number of benzene rings is 2. The zero-order chi connectivity index (χ0) is 20.2. The normalized spacial score (nSPS) is 10.7. The van der Waals surface area contributed by atoms with Gasteiger partial charge in [0, 0.05) is 5.69 Å². The molecule has 4 aromatic rings. The highest BCUT2D eigenvalue weighted by Gasteiger charge is 2.17. The maximum absolute atomic E-state index is 14.3. The van der Waals surface area contributed by atoms with Crippen molar-refractivity contribution in [3.63, 3.8) is 0 Å². The Morgan fingerprint density at radius 2 is 1.93 bits per heavy atom. The lowest BCUT2D eigenvalue weighted by atomic mass is 10.2. The number of hydrogen-bond acceptors (Lipinski definition) is 5. The van der Waals surface area contributed by atoms with E-state index >= 15 is 0 Å². The second kappa shape index (κ2) is 7.97. The molecule has 0 saturated heterocycles. The molecule has 2 aromatic heterocycles. The summed E-state index contributed by atoms with van der Waals surface area (Å²) < 4.78 is 26.3. The van der Waals surface area contributed by atoms with Gasteiger partial charge in [0.1, 0.15) is 5.82 Å². The lowest BCUT2D eigenvalue weighted by Crippen LogP contribution is -2.10. The van der Waals surface area contributed by atoms with Gasteiger partial charge in [-0.1, -0.05) is 12.1 Å². The molecule has 0 saturated carbocycles. The van der Waals surface area contributed by atoms with Crippen molar-refractivity contribution in [2.75, 3.05) is 11.9 Å². The maximum Gasteiger partial charge on any atom is 0.336 e. The number of anilines is 1. The van der Waals surface area contributed by atoms with Crippen molar-refractivity contribution < 1.29 is 18.3 Å². The molecule has 4 rings (SSSR count). The van der Waals surface area contributed by atoms with E-state index < -0.39 is 5.82 Å². The summed E-state index contributed by atoms with van der Waals surface area (Å²) in [7, 11) is 0. The molecule has 0 aliphatic rings. The van der Waals surface area contributed by atoms with E-state index in [9.17, 15) is 9.18 Å². The highest BCUT2D eigenvalue weighted by molar-refractivity contribution is 6.02. The summed E-state index contributed by atoms with van der Waals surface area (Å²) in [6.45, 7) is 2.21. The van der Waals surface area contributed by atoms with Crippen LogP contribution in [0.5, 0.6) is 6.01 Å². The second-order valence-corrected chi connectivity index (χ2v) is 6.02. The minimum Gasteiger partial charge on any atom is -0.463 e. The minimum absolute atomic E-state index is 0.154. The van der Waals surface area contributed by atoms with Gasteiger partial charge in [0.2, 0.25) is 0 Å². The highest BCUT2D eigenvalue weighted by Crippen LogP contribution is 2.26. The summed E-state index contributed by atoms with van der Waals surface area (Å²) in [5.74, 6) is -0.229. The number of nitrogens with one attached hydrogen (secondary N) is 1. The van der Waals surface area contributed by atoms with E-state index in [4.69, 9.17) is 9.15 Å². The zero-order valence-electron chi connectivity index (χ0n) is 15.5. The number of amides is 1. The van der Waals surface area contributed by atoms with Crippen LogP contribution < -0.4 is 10.1 Å². The first kappa shape index (κ1) is 18.4. The predicted molar refractivity (Wildman–Crippen MR) is 105 cm³/mol. The molecule has 0 radical (unpaired) electrons. The van der Waals surface area contributed by atoms with Gasteiger partial charge < -0.3 is 14.5 Å². The molecule has 1 N–H and O–H groups in total. The zero-order valence-corrected chi connectivity index (χ0v) is 15.5. The van der Waals surface area contributed by atoms with E-state index in [1.54, 1.807) is 54.6 Å². The Kier molecular flexibility index (Phi) is 5.07. The van der Waals surface area contributed by atoms with Crippen molar-refractivity contribution in [2.24, 2.45) is 0 Å². The number of carbonyl (C=O) groups is 1. The molecule has 0 unspecified atom stereocenters. The van der Waals surface area contributed by atoms with Crippen LogP contribution >= 0.6 is 0 Å². The van der Waals surface area contributed by atoms with E-state index in [2.05, 4.69) is 15.4 Å². The van der Waals surface area contributed by atoms with E-state index in [-0.39, 0.29) is 17.7 Å². The summed E-state index contributed by atoms with van der Waals surface area (Å²) in [6.07, 6.45) is 1.43. The Bertz CT molecular complexity index is 1120. The summed E-state index contributed by atoms with van der Waals surface area (Å²) >= 11 is 0. The predicted octanol–water partition coefficient (Wildman–Crippen LogP) is 4.32. The molecule has 0 bridgehead atoms. The first-order valence-corrected chi connectivity index (χ1v) is 8.95. The molecular formula is C21H17FN4O3. The molecule has 8 heteroatoms. The van der Waals surface area contributed by atoms with Gasteiger partial charge in [-0.05, 0) is 55.5 Å². The second-order valence-electron chi connectivity index (χ2n) is 6.02. The fourth-order valence-corrected chi connectivity index (χ4v) is 2.77. The fourth-order valence-electron chi connectivity index (χ4n) is 2.77. The van der Waals surface area contributed by atoms with Crippen molar-refractivity contribution in [3.8, 4) is 23.1 Å². The number of carbonyl (C=O) groups excluding carboxylic acids is 1. The smallest absolute Gasteiger partial charge is 0.336 e. The van der Waals surface area contributed by atoms with Crippen molar-refractivity contribution in [1.29, 1.82) is 0 Å². The number of aromatic nitrogens is 3. The van der Waals surface area contributed by atoms with E-state index in [1.165, 1.54) is 17.0 Å². The summed E-state index contributed by atoms with van der Waals surface area (Å²) in [6, 6.07) is 16.6. The van der Waals surface area contributed by atoms with Crippen LogP contribution in [0, 0.1) is 5.82 Å². The van der Waals surface area contributed by atoms with E-state index in [0.717, 1.165) is 0 Å². The Morgan fingerprint density at radius 1 is 1.14 bits per heavy atom. The van der Waals surface area contributed by atoms with Crippen LogP contribution in [-0.2, 0) is 0 Å². The monoisotopic (exact) mass is 392 g/mol. The van der Waals surface area contributed by atoms with Crippen molar-refractivity contribution in [1.82, 2.24) is 14.8 Å². The van der Waals surface area contributed by atoms with Gasteiger partial charge in [-0.15, -0.1) is 5.10 Å². The van der Waals surface area contributed by atoms with Gasteiger partial charge >= 0.3 is 6.01 Å². The van der Waals surface area contributed by atoms with Gasteiger partial charge in [-0.2, -0.15) is 4.98 Å². The van der Waals surface area contributed by atoms with E-state index in [1.807, 2.05) is 6.92 Å². The first-order chi connectivity index (χ1) is 14.2. The van der Waals surface area contributed by atoms with Gasteiger partial charge in [-0.3, -0.25) is 4.79 Å². The maximum atomic E-state index is 14.3. The van der Waals surface area contributed by atoms with Crippen molar-refractivity contribution >= 4 is 11.6 Å². The molecular weight excluding hydrogens is 375 g/mol. The number of furan rings is 1. The van der Waals surface area contributed by atoms with Crippen LogP contribution in [0.1, 0.15) is 17.5 Å². The Morgan fingerprint density at radius 3 is 2.62 bits per heavy atom. The van der Waals surface area contributed by atoms with Gasteiger partial charge in [0.15, 0.2) is 11.6 Å². The van der Waals surface area contributed by atoms with Gasteiger partial charge in [-0.25, -0.2) is 9.07 Å². The minimum atomic E-state index is -0.411. The molecule has 1 amide bonds.